The first-order valence-corrected chi connectivity index (χ1v) is 7.04. The lowest BCUT2D eigenvalue weighted by Crippen LogP contribution is -2.34. The highest BCUT2D eigenvalue weighted by molar-refractivity contribution is 6.30. The number of aromatic nitrogens is 1. The molecule has 1 saturated heterocycles. The molecule has 104 valence electrons. The van der Waals surface area contributed by atoms with Crippen molar-refractivity contribution in [1.82, 2.24) is 10.0 Å². The number of halogens is 1. The average Bonchev–Trinajstić information content (AvgIpc) is 2.78. The molecule has 0 bridgehead atoms. The number of nitrogens with zero attached hydrogens (tertiary/aromatic N) is 2. The van der Waals surface area contributed by atoms with Crippen molar-refractivity contribution in [1.29, 1.82) is 0 Å². The van der Waals surface area contributed by atoms with Gasteiger partial charge in [0.25, 0.3) is 0 Å². The fourth-order valence-electron chi connectivity index (χ4n) is 2.67. The Morgan fingerprint density at radius 3 is 2.70 bits per heavy atom. The maximum absolute atomic E-state index is 6.02. The van der Waals surface area contributed by atoms with E-state index in [2.05, 4.69) is 18.0 Å². The van der Waals surface area contributed by atoms with Crippen LogP contribution in [0.1, 0.15) is 30.6 Å². The summed E-state index contributed by atoms with van der Waals surface area (Å²) in [5.41, 5.74) is 2.14. The van der Waals surface area contributed by atoms with Crippen molar-refractivity contribution in [2.24, 2.45) is 0 Å². The second-order valence-corrected chi connectivity index (χ2v) is 5.80. The van der Waals surface area contributed by atoms with E-state index in [0.717, 1.165) is 17.0 Å². The molecule has 1 aromatic carbocycles. The molecule has 0 amide bonds. The second kappa shape index (κ2) is 5.17. The monoisotopic (exact) mass is 288 g/mol. The van der Waals surface area contributed by atoms with E-state index < -0.39 is 0 Å². The lowest BCUT2D eigenvalue weighted by molar-refractivity contribution is -0.169. The first-order chi connectivity index (χ1) is 9.59. The van der Waals surface area contributed by atoms with Crippen LogP contribution < -0.4 is 0 Å². The van der Waals surface area contributed by atoms with E-state index in [9.17, 15) is 0 Å². The predicted octanol–water partition coefficient (Wildman–Crippen LogP) is 3.96. The first-order valence-electron chi connectivity index (χ1n) is 6.66. The lowest BCUT2D eigenvalue weighted by Gasteiger charge is -2.29. The minimum atomic E-state index is -0.168. The maximum Gasteiger partial charge on any atom is 0.106 e. The molecule has 1 aromatic heterocycles. The van der Waals surface area contributed by atoms with Crippen molar-refractivity contribution < 1.29 is 4.84 Å². The van der Waals surface area contributed by atoms with Crippen LogP contribution in [0.15, 0.2) is 48.8 Å². The Hall–Kier alpha value is -1.42. The Labute approximate surface area is 124 Å². The Morgan fingerprint density at radius 1 is 1.30 bits per heavy atom. The molecule has 2 heterocycles. The van der Waals surface area contributed by atoms with Crippen LogP contribution >= 0.6 is 11.6 Å². The summed E-state index contributed by atoms with van der Waals surface area (Å²) in [6.07, 6.45) is 4.63. The van der Waals surface area contributed by atoms with E-state index in [1.165, 1.54) is 5.56 Å². The van der Waals surface area contributed by atoms with Crippen LogP contribution in [0.2, 0.25) is 5.02 Å². The summed E-state index contributed by atoms with van der Waals surface area (Å²) in [7, 11) is 1.98. The highest BCUT2D eigenvalue weighted by atomic mass is 35.5. The molecule has 1 fully saturated rings. The van der Waals surface area contributed by atoms with Gasteiger partial charge < -0.3 is 0 Å². The molecule has 2 atom stereocenters. The lowest BCUT2D eigenvalue weighted by atomic mass is 9.87. The smallest absolute Gasteiger partial charge is 0.106 e. The number of pyridine rings is 1. The number of rotatable bonds is 2. The van der Waals surface area contributed by atoms with E-state index in [0.29, 0.717) is 0 Å². The van der Waals surface area contributed by atoms with Gasteiger partial charge >= 0.3 is 0 Å². The van der Waals surface area contributed by atoms with Gasteiger partial charge in [0.15, 0.2) is 0 Å². The molecular formula is C16H17ClN2O. The van der Waals surface area contributed by atoms with E-state index in [-0.39, 0.29) is 11.6 Å². The minimum Gasteiger partial charge on any atom is -0.290 e. The Morgan fingerprint density at radius 2 is 2.05 bits per heavy atom. The van der Waals surface area contributed by atoms with Crippen LogP contribution in [0.4, 0.5) is 0 Å². The minimum absolute atomic E-state index is 0.0440. The molecule has 0 aliphatic carbocycles. The third-order valence-corrected chi connectivity index (χ3v) is 4.34. The standard InChI is InChI=1S/C16H17ClN2O/c1-16(13-4-3-9-18-11-13)10-15(20-19(16)2)12-5-7-14(17)8-6-12/h3-9,11,15H,10H2,1-2H3/t15-,16-/m1/s1. The largest absolute Gasteiger partial charge is 0.290 e. The van der Waals surface area contributed by atoms with Crippen molar-refractivity contribution >= 4 is 11.6 Å². The zero-order valence-electron chi connectivity index (χ0n) is 11.6. The molecule has 4 heteroatoms. The van der Waals surface area contributed by atoms with Crippen LogP contribution in [-0.2, 0) is 10.4 Å². The number of hydrogen-bond acceptors (Lipinski definition) is 3. The summed E-state index contributed by atoms with van der Waals surface area (Å²) in [5.74, 6) is 0. The highest BCUT2D eigenvalue weighted by Gasteiger charge is 2.43. The van der Waals surface area contributed by atoms with Crippen LogP contribution in [0.5, 0.6) is 0 Å². The van der Waals surface area contributed by atoms with Gasteiger partial charge in [0.2, 0.25) is 0 Å². The molecule has 0 radical (unpaired) electrons. The maximum atomic E-state index is 6.02. The molecule has 2 aromatic rings. The van der Waals surface area contributed by atoms with Gasteiger partial charge in [-0.25, -0.2) is 0 Å². The molecular weight excluding hydrogens is 272 g/mol. The molecule has 0 spiro atoms. The molecule has 3 rings (SSSR count). The number of benzene rings is 1. The van der Waals surface area contributed by atoms with Crippen molar-refractivity contribution in [3.05, 3.63) is 64.9 Å². The Balaban J connectivity index is 1.88. The molecule has 0 N–H and O–H groups in total. The second-order valence-electron chi connectivity index (χ2n) is 5.36. The number of hydroxylamine groups is 2. The average molecular weight is 289 g/mol. The van der Waals surface area contributed by atoms with Gasteiger partial charge in [0.05, 0.1) is 5.54 Å². The molecule has 0 unspecified atom stereocenters. The summed E-state index contributed by atoms with van der Waals surface area (Å²) in [4.78, 5) is 10.2. The Kier molecular flexibility index (Phi) is 3.50. The molecule has 0 saturated carbocycles. The van der Waals surface area contributed by atoms with Gasteiger partial charge in [-0.3, -0.25) is 9.82 Å². The number of hydrogen-bond donors (Lipinski definition) is 0. The van der Waals surface area contributed by atoms with E-state index in [1.807, 2.05) is 48.6 Å². The molecule has 20 heavy (non-hydrogen) atoms. The van der Waals surface area contributed by atoms with Crippen LogP contribution in [0.3, 0.4) is 0 Å². The van der Waals surface area contributed by atoms with Crippen LogP contribution in [0.25, 0.3) is 0 Å². The van der Waals surface area contributed by atoms with Crippen molar-refractivity contribution in [2.75, 3.05) is 7.05 Å². The summed E-state index contributed by atoms with van der Waals surface area (Å²) >= 11 is 5.94. The van der Waals surface area contributed by atoms with Crippen molar-refractivity contribution in [3.63, 3.8) is 0 Å². The molecule has 1 aliphatic heterocycles. The van der Waals surface area contributed by atoms with Gasteiger partial charge in [-0.2, -0.15) is 5.06 Å². The van der Waals surface area contributed by atoms with Crippen LogP contribution in [-0.4, -0.2) is 17.1 Å². The SMILES string of the molecule is CN1O[C@@H](c2ccc(Cl)cc2)C[C@]1(C)c1cccnc1. The summed E-state index contributed by atoms with van der Waals surface area (Å²) in [6.45, 7) is 2.18. The van der Waals surface area contributed by atoms with E-state index in [1.54, 1.807) is 6.20 Å². The normalized spacial score (nSPS) is 26.9. The van der Waals surface area contributed by atoms with Crippen molar-refractivity contribution in [3.8, 4) is 0 Å². The fraction of sp³-hybridized carbons (Fsp3) is 0.312. The molecule has 3 nitrogen and oxygen atoms in total. The predicted molar refractivity (Wildman–Crippen MR) is 79.2 cm³/mol. The third-order valence-electron chi connectivity index (χ3n) is 4.09. The first kappa shape index (κ1) is 13.6. The summed E-state index contributed by atoms with van der Waals surface area (Å²) in [6, 6.07) is 11.9. The van der Waals surface area contributed by atoms with Crippen LogP contribution in [0, 0.1) is 0 Å². The summed E-state index contributed by atoms with van der Waals surface area (Å²) in [5, 5.41) is 2.68. The highest BCUT2D eigenvalue weighted by Crippen LogP contribution is 2.45. The topological polar surface area (TPSA) is 25.4 Å². The Bertz CT molecular complexity index is 587. The fourth-order valence-corrected chi connectivity index (χ4v) is 2.80. The zero-order chi connectivity index (χ0) is 14.2. The summed E-state index contributed by atoms with van der Waals surface area (Å²) < 4.78 is 0. The van der Waals surface area contributed by atoms with Gasteiger partial charge in [0, 0.05) is 30.9 Å². The van der Waals surface area contributed by atoms with Gasteiger partial charge in [-0.1, -0.05) is 29.8 Å². The van der Waals surface area contributed by atoms with Crippen molar-refractivity contribution in [2.45, 2.75) is 25.0 Å². The quantitative estimate of drug-likeness (QED) is 0.836. The van der Waals surface area contributed by atoms with Gasteiger partial charge in [-0.15, -0.1) is 0 Å². The van der Waals surface area contributed by atoms with E-state index in [4.69, 9.17) is 16.4 Å². The van der Waals surface area contributed by atoms with Gasteiger partial charge in [-0.05, 0) is 36.2 Å². The third kappa shape index (κ3) is 2.33. The van der Waals surface area contributed by atoms with E-state index >= 15 is 0 Å². The zero-order valence-corrected chi connectivity index (χ0v) is 12.3. The van der Waals surface area contributed by atoms with Gasteiger partial charge in [0.1, 0.15) is 6.10 Å². The molecule has 1 aliphatic rings.